The normalized spacial score (nSPS) is 19.0. The summed E-state index contributed by atoms with van der Waals surface area (Å²) < 4.78 is 0. The Balaban J connectivity index is 2.13. The number of nitrogens with zero attached hydrogens (tertiary/aromatic N) is 1. The van der Waals surface area contributed by atoms with E-state index in [4.69, 9.17) is 0 Å². The summed E-state index contributed by atoms with van der Waals surface area (Å²) in [5.74, 6) is 6.08. The molecule has 0 aromatic rings. The van der Waals surface area contributed by atoms with Crippen molar-refractivity contribution in [2.75, 3.05) is 26.2 Å². The number of likely N-dealkylation sites (tertiary alicyclic amines) is 1. The van der Waals surface area contributed by atoms with E-state index in [1.165, 1.54) is 38.9 Å². The minimum atomic E-state index is 0.751. The average molecular weight is 194 g/mol. The summed E-state index contributed by atoms with van der Waals surface area (Å²) in [6.45, 7) is 8.66. The van der Waals surface area contributed by atoms with E-state index in [0.29, 0.717) is 0 Å². The predicted octanol–water partition coefficient (Wildman–Crippen LogP) is 1.47. The molecule has 1 N–H and O–H groups in total. The number of hydrogen-bond donors (Lipinski definition) is 1. The third-order valence-corrected chi connectivity index (χ3v) is 2.75. The number of hydrogen-bond acceptors (Lipinski definition) is 2. The standard InChI is InChI=1S/C12H22N2/c1-3-5-9-14-10-6-12(7-11-14)13-8-4-2/h12-13H,4,6-11H2,1-2H3. The van der Waals surface area contributed by atoms with Gasteiger partial charge in [0.25, 0.3) is 0 Å². The molecule has 0 saturated carbocycles. The highest BCUT2D eigenvalue weighted by atomic mass is 15.1. The Morgan fingerprint density at radius 1 is 1.36 bits per heavy atom. The van der Waals surface area contributed by atoms with Gasteiger partial charge in [0.05, 0.1) is 6.54 Å². The Morgan fingerprint density at radius 3 is 2.64 bits per heavy atom. The second-order valence-electron chi connectivity index (χ2n) is 3.93. The van der Waals surface area contributed by atoms with Crippen LogP contribution < -0.4 is 5.32 Å². The highest BCUT2D eigenvalue weighted by Gasteiger charge is 2.17. The Hall–Kier alpha value is -0.520. The summed E-state index contributed by atoms with van der Waals surface area (Å²) in [6, 6.07) is 0.751. The number of rotatable bonds is 4. The molecule has 1 aliphatic heterocycles. The van der Waals surface area contributed by atoms with E-state index in [1.54, 1.807) is 0 Å². The van der Waals surface area contributed by atoms with Crippen molar-refractivity contribution in [2.24, 2.45) is 0 Å². The van der Waals surface area contributed by atoms with Gasteiger partial charge < -0.3 is 5.32 Å². The molecule has 1 fully saturated rings. The predicted molar refractivity (Wildman–Crippen MR) is 61.2 cm³/mol. The molecule has 0 radical (unpaired) electrons. The zero-order chi connectivity index (χ0) is 10.2. The average Bonchev–Trinajstić information content (AvgIpc) is 2.25. The second-order valence-corrected chi connectivity index (χ2v) is 3.93. The van der Waals surface area contributed by atoms with Crippen molar-refractivity contribution in [3.05, 3.63) is 0 Å². The molecule has 0 aromatic carbocycles. The molecule has 14 heavy (non-hydrogen) atoms. The molecule has 1 aliphatic rings. The summed E-state index contributed by atoms with van der Waals surface area (Å²) in [7, 11) is 0. The molecule has 0 unspecified atom stereocenters. The maximum Gasteiger partial charge on any atom is 0.0601 e. The molecule has 1 saturated heterocycles. The number of nitrogens with one attached hydrogen (secondary N) is 1. The van der Waals surface area contributed by atoms with E-state index in [-0.39, 0.29) is 0 Å². The van der Waals surface area contributed by atoms with Gasteiger partial charge in [0.2, 0.25) is 0 Å². The van der Waals surface area contributed by atoms with Crippen molar-refractivity contribution in [3.8, 4) is 11.8 Å². The molecule has 1 heterocycles. The Morgan fingerprint density at radius 2 is 2.07 bits per heavy atom. The van der Waals surface area contributed by atoms with Crippen LogP contribution in [0.3, 0.4) is 0 Å². The molecule has 2 nitrogen and oxygen atoms in total. The van der Waals surface area contributed by atoms with Gasteiger partial charge in [-0.25, -0.2) is 0 Å². The molecule has 0 bridgehead atoms. The van der Waals surface area contributed by atoms with E-state index < -0.39 is 0 Å². The molecular formula is C12H22N2. The lowest BCUT2D eigenvalue weighted by Crippen LogP contribution is -2.42. The van der Waals surface area contributed by atoms with Gasteiger partial charge in [0.15, 0.2) is 0 Å². The van der Waals surface area contributed by atoms with Crippen LogP contribution in [0.2, 0.25) is 0 Å². The monoisotopic (exact) mass is 194 g/mol. The molecule has 0 atom stereocenters. The van der Waals surface area contributed by atoms with E-state index in [0.717, 1.165) is 12.6 Å². The van der Waals surface area contributed by atoms with Crippen molar-refractivity contribution in [2.45, 2.75) is 39.2 Å². The van der Waals surface area contributed by atoms with Crippen LogP contribution in [0.4, 0.5) is 0 Å². The van der Waals surface area contributed by atoms with Gasteiger partial charge >= 0.3 is 0 Å². The largest absolute Gasteiger partial charge is 0.314 e. The van der Waals surface area contributed by atoms with Crippen LogP contribution in [-0.4, -0.2) is 37.1 Å². The minimum absolute atomic E-state index is 0.751. The van der Waals surface area contributed by atoms with Crippen LogP contribution in [0.25, 0.3) is 0 Å². The van der Waals surface area contributed by atoms with Crippen LogP contribution in [0.15, 0.2) is 0 Å². The van der Waals surface area contributed by atoms with Crippen molar-refractivity contribution in [3.63, 3.8) is 0 Å². The van der Waals surface area contributed by atoms with Crippen molar-refractivity contribution >= 4 is 0 Å². The van der Waals surface area contributed by atoms with Crippen LogP contribution in [0.5, 0.6) is 0 Å². The smallest absolute Gasteiger partial charge is 0.0601 e. The first kappa shape index (κ1) is 11.6. The summed E-state index contributed by atoms with van der Waals surface area (Å²) in [5.41, 5.74) is 0. The van der Waals surface area contributed by atoms with Crippen LogP contribution in [-0.2, 0) is 0 Å². The van der Waals surface area contributed by atoms with Gasteiger partial charge in [-0.1, -0.05) is 12.8 Å². The summed E-state index contributed by atoms with van der Waals surface area (Å²) in [4.78, 5) is 2.45. The lowest BCUT2D eigenvalue weighted by atomic mass is 10.1. The number of piperidine rings is 1. The van der Waals surface area contributed by atoms with Gasteiger partial charge in [-0.05, 0) is 32.7 Å². The highest BCUT2D eigenvalue weighted by Crippen LogP contribution is 2.09. The zero-order valence-electron chi connectivity index (χ0n) is 9.47. The van der Waals surface area contributed by atoms with Gasteiger partial charge in [0.1, 0.15) is 0 Å². The third kappa shape index (κ3) is 4.13. The van der Waals surface area contributed by atoms with Crippen molar-refractivity contribution in [1.82, 2.24) is 10.2 Å². The quantitative estimate of drug-likeness (QED) is 0.682. The molecule has 0 amide bonds. The molecular weight excluding hydrogens is 172 g/mol. The maximum absolute atomic E-state index is 3.59. The summed E-state index contributed by atoms with van der Waals surface area (Å²) in [5, 5.41) is 3.59. The highest BCUT2D eigenvalue weighted by molar-refractivity contribution is 4.98. The molecule has 0 aromatic heterocycles. The maximum atomic E-state index is 3.59. The third-order valence-electron chi connectivity index (χ3n) is 2.75. The molecule has 80 valence electrons. The van der Waals surface area contributed by atoms with E-state index in [2.05, 4.69) is 29.0 Å². The van der Waals surface area contributed by atoms with Gasteiger partial charge in [-0.15, -0.1) is 5.92 Å². The fraction of sp³-hybridized carbons (Fsp3) is 0.833. The SMILES string of the molecule is CC#CCN1CCC(NCCC)CC1. The Bertz CT molecular complexity index is 194. The topological polar surface area (TPSA) is 15.3 Å². The lowest BCUT2D eigenvalue weighted by molar-refractivity contribution is 0.218. The Labute approximate surface area is 88.1 Å². The first-order valence-electron chi connectivity index (χ1n) is 5.72. The Kier molecular flexibility index (Phi) is 5.66. The molecule has 0 spiro atoms. The van der Waals surface area contributed by atoms with Crippen LogP contribution in [0.1, 0.15) is 33.1 Å². The van der Waals surface area contributed by atoms with Gasteiger partial charge in [-0.2, -0.15) is 0 Å². The lowest BCUT2D eigenvalue weighted by Gasteiger charge is -2.31. The molecule has 0 aliphatic carbocycles. The van der Waals surface area contributed by atoms with E-state index in [1.807, 2.05) is 6.92 Å². The van der Waals surface area contributed by atoms with Crippen molar-refractivity contribution < 1.29 is 0 Å². The first-order valence-corrected chi connectivity index (χ1v) is 5.72. The fourth-order valence-corrected chi connectivity index (χ4v) is 1.83. The van der Waals surface area contributed by atoms with E-state index in [9.17, 15) is 0 Å². The summed E-state index contributed by atoms with van der Waals surface area (Å²) in [6.07, 6.45) is 3.80. The van der Waals surface area contributed by atoms with Crippen molar-refractivity contribution in [1.29, 1.82) is 0 Å². The van der Waals surface area contributed by atoms with E-state index >= 15 is 0 Å². The first-order chi connectivity index (χ1) is 6.86. The van der Waals surface area contributed by atoms with Gasteiger partial charge in [-0.3, -0.25) is 4.90 Å². The molecule has 2 heteroatoms. The second kappa shape index (κ2) is 6.86. The zero-order valence-corrected chi connectivity index (χ0v) is 9.47. The molecule has 1 rings (SSSR count). The van der Waals surface area contributed by atoms with Gasteiger partial charge in [0, 0.05) is 19.1 Å². The van der Waals surface area contributed by atoms with Crippen LogP contribution >= 0.6 is 0 Å². The van der Waals surface area contributed by atoms with Crippen LogP contribution in [0, 0.1) is 11.8 Å². The minimum Gasteiger partial charge on any atom is -0.314 e. The summed E-state index contributed by atoms with van der Waals surface area (Å²) >= 11 is 0. The fourth-order valence-electron chi connectivity index (χ4n) is 1.83.